The Morgan fingerprint density at radius 1 is 1.50 bits per heavy atom. The van der Waals surface area contributed by atoms with Gasteiger partial charge in [0.15, 0.2) is 0 Å². The molecule has 3 rings (SSSR count). The van der Waals surface area contributed by atoms with Crippen LogP contribution >= 0.6 is 11.3 Å². The molecule has 0 aromatic carbocycles. The molecule has 0 saturated carbocycles. The molecule has 1 aliphatic rings. The lowest BCUT2D eigenvalue weighted by atomic mass is 10.3. The van der Waals surface area contributed by atoms with Crippen molar-refractivity contribution < 1.29 is 9.53 Å². The highest BCUT2D eigenvalue weighted by atomic mass is 32.1. The van der Waals surface area contributed by atoms with Crippen molar-refractivity contribution in [2.75, 3.05) is 18.4 Å². The number of nitrogens with zero attached hydrogens (tertiary/aromatic N) is 3. The van der Waals surface area contributed by atoms with Gasteiger partial charge >= 0.3 is 6.03 Å². The zero-order valence-electron chi connectivity index (χ0n) is 10.7. The van der Waals surface area contributed by atoms with E-state index in [2.05, 4.69) is 15.3 Å². The van der Waals surface area contributed by atoms with Gasteiger partial charge in [0.05, 0.1) is 17.7 Å². The molecular formula is C13H14N4O2S. The van der Waals surface area contributed by atoms with Gasteiger partial charge in [-0.1, -0.05) is 0 Å². The van der Waals surface area contributed by atoms with Gasteiger partial charge in [0.2, 0.25) is 5.88 Å². The lowest BCUT2D eigenvalue weighted by Crippen LogP contribution is -2.34. The van der Waals surface area contributed by atoms with E-state index < -0.39 is 0 Å². The third-order valence-corrected chi connectivity index (χ3v) is 3.80. The summed E-state index contributed by atoms with van der Waals surface area (Å²) in [4.78, 5) is 21.8. The summed E-state index contributed by atoms with van der Waals surface area (Å²) in [7, 11) is 0. The molecule has 0 radical (unpaired) electrons. The van der Waals surface area contributed by atoms with Crippen molar-refractivity contribution in [2.45, 2.75) is 12.5 Å². The molecule has 0 unspecified atom stereocenters. The average molecular weight is 290 g/mol. The first-order valence-corrected chi connectivity index (χ1v) is 7.21. The van der Waals surface area contributed by atoms with Crippen LogP contribution in [0.2, 0.25) is 0 Å². The van der Waals surface area contributed by atoms with Gasteiger partial charge in [-0.2, -0.15) is 0 Å². The second-order valence-electron chi connectivity index (χ2n) is 4.43. The summed E-state index contributed by atoms with van der Waals surface area (Å²) in [6.45, 7) is 1.25. The molecule has 1 saturated heterocycles. The van der Waals surface area contributed by atoms with E-state index >= 15 is 0 Å². The minimum absolute atomic E-state index is 0.0271. The third kappa shape index (κ3) is 3.05. The highest BCUT2D eigenvalue weighted by Crippen LogP contribution is 2.19. The van der Waals surface area contributed by atoms with Crippen LogP contribution in [-0.4, -0.2) is 40.1 Å². The predicted molar refractivity (Wildman–Crippen MR) is 76.0 cm³/mol. The normalized spacial score (nSPS) is 18.0. The van der Waals surface area contributed by atoms with Gasteiger partial charge in [-0.3, -0.25) is 10.3 Å². The maximum Gasteiger partial charge on any atom is 0.322 e. The Bertz CT molecular complexity index is 561. The van der Waals surface area contributed by atoms with Crippen LogP contribution in [0.15, 0.2) is 36.1 Å². The van der Waals surface area contributed by atoms with Crippen LogP contribution in [0.3, 0.4) is 0 Å². The largest absolute Gasteiger partial charge is 0.471 e. The molecule has 1 aliphatic heterocycles. The number of nitrogens with one attached hydrogen (secondary N) is 1. The quantitative estimate of drug-likeness (QED) is 0.941. The van der Waals surface area contributed by atoms with Gasteiger partial charge < -0.3 is 9.64 Å². The van der Waals surface area contributed by atoms with Gasteiger partial charge in [0, 0.05) is 25.4 Å². The minimum Gasteiger partial charge on any atom is -0.471 e. The molecule has 1 atom stereocenters. The summed E-state index contributed by atoms with van der Waals surface area (Å²) in [6, 6.07) is 3.70. The number of thiophene rings is 1. The van der Waals surface area contributed by atoms with Gasteiger partial charge in [-0.05, 0) is 17.5 Å². The Morgan fingerprint density at radius 3 is 3.20 bits per heavy atom. The average Bonchev–Trinajstić information content (AvgIpc) is 3.11. The molecule has 7 heteroatoms. The Hall–Kier alpha value is -2.15. The van der Waals surface area contributed by atoms with Crippen molar-refractivity contribution in [1.82, 2.24) is 14.9 Å². The number of carbonyl (C=O) groups is 1. The molecular weight excluding hydrogens is 276 g/mol. The van der Waals surface area contributed by atoms with Crippen LogP contribution in [-0.2, 0) is 0 Å². The molecule has 2 amide bonds. The van der Waals surface area contributed by atoms with Crippen molar-refractivity contribution in [2.24, 2.45) is 0 Å². The number of aromatic nitrogens is 2. The second-order valence-corrected chi connectivity index (χ2v) is 5.37. The maximum absolute atomic E-state index is 12.0. The van der Waals surface area contributed by atoms with Crippen molar-refractivity contribution in [3.63, 3.8) is 0 Å². The van der Waals surface area contributed by atoms with E-state index in [0.717, 1.165) is 11.4 Å². The number of urea groups is 1. The SMILES string of the molecule is O=C(Nc1cccs1)N1CC[C@@H](Oc2cnccn2)C1. The van der Waals surface area contributed by atoms with Crippen LogP contribution in [0.1, 0.15) is 6.42 Å². The monoisotopic (exact) mass is 290 g/mol. The van der Waals surface area contributed by atoms with Gasteiger partial charge in [0.25, 0.3) is 0 Å². The van der Waals surface area contributed by atoms with Crippen LogP contribution in [0.4, 0.5) is 9.80 Å². The van der Waals surface area contributed by atoms with Crippen LogP contribution in [0, 0.1) is 0 Å². The fourth-order valence-corrected chi connectivity index (χ4v) is 2.67. The van der Waals surface area contributed by atoms with E-state index in [-0.39, 0.29) is 12.1 Å². The molecule has 0 spiro atoms. The molecule has 2 aromatic heterocycles. The second kappa shape index (κ2) is 5.87. The number of ether oxygens (including phenoxy) is 1. The van der Waals surface area contributed by atoms with E-state index in [9.17, 15) is 4.79 Å². The van der Waals surface area contributed by atoms with Gasteiger partial charge in [-0.15, -0.1) is 11.3 Å². The summed E-state index contributed by atoms with van der Waals surface area (Å²) < 4.78 is 5.70. The summed E-state index contributed by atoms with van der Waals surface area (Å²) in [5.41, 5.74) is 0. The smallest absolute Gasteiger partial charge is 0.322 e. The number of amides is 2. The molecule has 104 valence electrons. The molecule has 2 aromatic rings. The number of hydrogen-bond acceptors (Lipinski definition) is 5. The number of likely N-dealkylation sites (tertiary alicyclic amines) is 1. The molecule has 1 N–H and O–H groups in total. The van der Waals surface area contributed by atoms with Crippen molar-refractivity contribution in [3.05, 3.63) is 36.1 Å². The fourth-order valence-electron chi connectivity index (χ4n) is 2.06. The number of rotatable bonds is 3. The molecule has 0 bridgehead atoms. The van der Waals surface area contributed by atoms with Gasteiger partial charge in [-0.25, -0.2) is 9.78 Å². The van der Waals surface area contributed by atoms with Gasteiger partial charge in [0.1, 0.15) is 6.10 Å². The summed E-state index contributed by atoms with van der Waals surface area (Å²) in [6.07, 6.45) is 5.54. The van der Waals surface area contributed by atoms with E-state index in [1.54, 1.807) is 23.5 Å². The molecule has 3 heterocycles. The summed E-state index contributed by atoms with van der Waals surface area (Å²) in [5, 5.41) is 5.66. The van der Waals surface area contributed by atoms with E-state index in [0.29, 0.717) is 19.0 Å². The highest BCUT2D eigenvalue weighted by Gasteiger charge is 2.28. The number of carbonyl (C=O) groups excluding carboxylic acids is 1. The van der Waals surface area contributed by atoms with Crippen molar-refractivity contribution in [1.29, 1.82) is 0 Å². The van der Waals surface area contributed by atoms with Crippen LogP contribution in [0.25, 0.3) is 0 Å². The Labute approximate surface area is 120 Å². The third-order valence-electron chi connectivity index (χ3n) is 3.01. The first-order chi connectivity index (χ1) is 9.81. The number of hydrogen-bond donors (Lipinski definition) is 1. The lowest BCUT2D eigenvalue weighted by Gasteiger charge is -2.16. The standard InChI is InChI=1S/C13H14N4O2S/c18-13(16-12-2-1-7-20-12)17-6-3-10(9-17)19-11-8-14-4-5-15-11/h1-2,4-5,7-8,10H,3,6,9H2,(H,16,18)/t10-/m1/s1. The van der Waals surface area contributed by atoms with E-state index in [1.807, 2.05) is 17.5 Å². The van der Waals surface area contributed by atoms with Crippen LogP contribution < -0.4 is 10.1 Å². The van der Waals surface area contributed by atoms with E-state index in [1.165, 1.54) is 11.3 Å². The van der Waals surface area contributed by atoms with E-state index in [4.69, 9.17) is 4.74 Å². The highest BCUT2D eigenvalue weighted by molar-refractivity contribution is 7.14. The van der Waals surface area contributed by atoms with Crippen molar-refractivity contribution in [3.8, 4) is 5.88 Å². The Kier molecular flexibility index (Phi) is 3.78. The minimum atomic E-state index is -0.0855. The molecule has 20 heavy (non-hydrogen) atoms. The first-order valence-electron chi connectivity index (χ1n) is 6.33. The number of anilines is 1. The lowest BCUT2D eigenvalue weighted by molar-refractivity contribution is 0.189. The molecule has 0 aliphatic carbocycles. The zero-order chi connectivity index (χ0) is 13.8. The zero-order valence-corrected chi connectivity index (χ0v) is 11.5. The Balaban J connectivity index is 1.53. The van der Waals surface area contributed by atoms with Crippen molar-refractivity contribution >= 4 is 22.4 Å². The summed E-state index contributed by atoms with van der Waals surface area (Å²) >= 11 is 1.51. The Morgan fingerprint density at radius 2 is 2.45 bits per heavy atom. The topological polar surface area (TPSA) is 67.4 Å². The molecule has 1 fully saturated rings. The fraction of sp³-hybridized carbons (Fsp3) is 0.308. The first kappa shape index (κ1) is 12.9. The summed E-state index contributed by atoms with van der Waals surface area (Å²) in [5.74, 6) is 0.498. The predicted octanol–water partition coefficient (Wildman–Crippen LogP) is 2.22. The maximum atomic E-state index is 12.0. The molecule has 6 nitrogen and oxygen atoms in total. The van der Waals surface area contributed by atoms with Crippen LogP contribution in [0.5, 0.6) is 5.88 Å².